The summed E-state index contributed by atoms with van der Waals surface area (Å²) in [7, 11) is 0. The minimum absolute atomic E-state index is 0.159. The van der Waals surface area contributed by atoms with Gasteiger partial charge in [0.25, 0.3) is 0 Å². The molecule has 2 saturated heterocycles. The predicted molar refractivity (Wildman–Crippen MR) is 136 cm³/mol. The maximum Gasteiger partial charge on any atom is 0.164 e. The maximum absolute atomic E-state index is 13.9. The molecule has 0 N–H and O–H groups in total. The van der Waals surface area contributed by atoms with Crippen molar-refractivity contribution in [3.63, 3.8) is 0 Å². The van der Waals surface area contributed by atoms with Crippen LogP contribution in [0.3, 0.4) is 0 Å². The van der Waals surface area contributed by atoms with E-state index in [-0.39, 0.29) is 11.7 Å². The minimum atomic E-state index is -0.239. The second kappa shape index (κ2) is 11.3. The summed E-state index contributed by atoms with van der Waals surface area (Å²) in [5, 5.41) is 0. The van der Waals surface area contributed by atoms with Crippen LogP contribution in [-0.2, 0) is 0 Å². The molecule has 1 spiro atoms. The van der Waals surface area contributed by atoms with Gasteiger partial charge in [-0.1, -0.05) is 47.6 Å². The lowest BCUT2D eigenvalue weighted by Crippen LogP contribution is -2.60. The third-order valence-corrected chi connectivity index (χ3v) is 7.35. The highest BCUT2D eigenvalue weighted by Gasteiger charge is 2.45. The molecule has 0 bridgehead atoms. The number of hydrogen-bond donors (Lipinski definition) is 0. The number of allylic oxidation sites excluding steroid dienone is 2. The van der Waals surface area contributed by atoms with Crippen molar-refractivity contribution < 1.29 is 9.13 Å². The normalized spacial score (nSPS) is 20.2. The molecule has 1 atom stereocenters. The van der Waals surface area contributed by atoms with E-state index in [2.05, 4.69) is 56.0 Å². The van der Waals surface area contributed by atoms with E-state index in [1.165, 1.54) is 51.2 Å². The molecule has 0 radical (unpaired) electrons. The molecule has 2 aliphatic heterocycles. The fourth-order valence-electron chi connectivity index (χ4n) is 5.07. The monoisotopic (exact) mass is 455 g/mol. The Hall–Kier alpha value is -2.14. The molecule has 5 heteroatoms. The van der Waals surface area contributed by atoms with Gasteiger partial charge in [-0.2, -0.15) is 0 Å². The summed E-state index contributed by atoms with van der Waals surface area (Å²) in [4.78, 5) is 9.36. The third kappa shape index (κ3) is 6.26. The van der Waals surface area contributed by atoms with Crippen LogP contribution in [0.2, 0.25) is 0 Å². The van der Waals surface area contributed by atoms with Crippen LogP contribution in [0, 0.1) is 17.2 Å². The molecule has 0 aromatic heterocycles. The number of benzene rings is 1. The molecule has 1 aromatic rings. The molecule has 0 amide bonds. The van der Waals surface area contributed by atoms with Gasteiger partial charge in [0, 0.05) is 36.8 Å². The lowest BCUT2D eigenvalue weighted by molar-refractivity contribution is -0.0318. The SMILES string of the molecule is C=C/N=C\C(Oc1ccc(F)cc1C(C)C)=C(/CC)N1CC2(CCN(CC(C)CC)CC2)C1. The first-order valence-electron chi connectivity index (χ1n) is 12.6. The second-order valence-electron chi connectivity index (χ2n) is 10.2. The number of piperidine rings is 1. The van der Waals surface area contributed by atoms with Crippen molar-refractivity contribution in [3.8, 4) is 5.75 Å². The summed E-state index contributed by atoms with van der Waals surface area (Å²) >= 11 is 0. The molecule has 2 aliphatic rings. The number of rotatable bonds is 10. The van der Waals surface area contributed by atoms with Gasteiger partial charge in [-0.25, -0.2) is 4.39 Å². The van der Waals surface area contributed by atoms with Gasteiger partial charge in [-0.05, 0) is 62.4 Å². The van der Waals surface area contributed by atoms with Crippen LogP contribution in [0.4, 0.5) is 4.39 Å². The summed E-state index contributed by atoms with van der Waals surface area (Å²) in [6, 6.07) is 4.75. The molecular weight excluding hydrogens is 413 g/mol. The van der Waals surface area contributed by atoms with E-state index < -0.39 is 0 Å². The number of nitrogens with zero attached hydrogens (tertiary/aromatic N) is 3. The van der Waals surface area contributed by atoms with Crippen molar-refractivity contribution in [1.82, 2.24) is 9.80 Å². The van der Waals surface area contributed by atoms with Crippen LogP contribution in [0.1, 0.15) is 71.8 Å². The summed E-state index contributed by atoms with van der Waals surface area (Å²) in [6.45, 7) is 20.4. The molecule has 1 aromatic carbocycles. The maximum atomic E-state index is 13.9. The standard InChI is InChI=1S/C28H42FN3O/c1-7-22(6)18-31-14-12-28(13-15-31)19-32(20-28)25(8-2)27(17-30-9-3)33-26-11-10-23(29)16-24(26)21(4)5/h9-11,16-17,21-22H,3,7-8,12-15,18-20H2,1-2,4-6H3/b27-25-,30-17-. The average Bonchev–Trinajstić information content (AvgIpc) is 2.78. The zero-order chi connectivity index (χ0) is 24.0. The second-order valence-corrected chi connectivity index (χ2v) is 10.2. The zero-order valence-electron chi connectivity index (χ0n) is 21.2. The molecule has 4 nitrogen and oxygen atoms in total. The van der Waals surface area contributed by atoms with Crippen molar-refractivity contribution in [3.05, 3.63) is 53.8 Å². The highest BCUT2D eigenvalue weighted by atomic mass is 19.1. The molecule has 1 unspecified atom stereocenters. The van der Waals surface area contributed by atoms with Gasteiger partial charge in [0.1, 0.15) is 11.6 Å². The van der Waals surface area contributed by atoms with Crippen molar-refractivity contribution in [2.24, 2.45) is 16.3 Å². The molecule has 2 heterocycles. The van der Waals surface area contributed by atoms with Gasteiger partial charge in [-0.15, -0.1) is 0 Å². The first-order valence-corrected chi connectivity index (χ1v) is 12.6. The van der Waals surface area contributed by atoms with Crippen LogP contribution in [0.25, 0.3) is 0 Å². The van der Waals surface area contributed by atoms with E-state index in [1.807, 2.05) is 0 Å². The Morgan fingerprint density at radius 3 is 2.48 bits per heavy atom. The van der Waals surface area contributed by atoms with Crippen LogP contribution < -0.4 is 4.74 Å². The van der Waals surface area contributed by atoms with Crippen LogP contribution >= 0.6 is 0 Å². The van der Waals surface area contributed by atoms with Crippen LogP contribution in [-0.4, -0.2) is 48.7 Å². The molecule has 0 saturated carbocycles. The largest absolute Gasteiger partial charge is 0.454 e. The summed E-state index contributed by atoms with van der Waals surface area (Å²) in [5.41, 5.74) is 2.45. The molecule has 3 rings (SSSR count). The number of halogens is 1. The third-order valence-electron chi connectivity index (χ3n) is 7.35. The minimum Gasteiger partial charge on any atom is -0.454 e. The Morgan fingerprint density at radius 2 is 1.91 bits per heavy atom. The Bertz CT molecular complexity index is 860. The quantitative estimate of drug-likeness (QED) is 0.294. The van der Waals surface area contributed by atoms with Gasteiger partial charge in [0.2, 0.25) is 0 Å². The van der Waals surface area contributed by atoms with Gasteiger partial charge in [0.15, 0.2) is 5.76 Å². The molecule has 0 aliphatic carbocycles. The summed E-state index contributed by atoms with van der Waals surface area (Å²) in [5.74, 6) is 2.12. The van der Waals surface area contributed by atoms with Gasteiger partial charge >= 0.3 is 0 Å². The van der Waals surface area contributed by atoms with Crippen molar-refractivity contribution in [1.29, 1.82) is 0 Å². The lowest BCUT2D eigenvalue weighted by atomic mass is 9.71. The van der Waals surface area contributed by atoms with E-state index in [4.69, 9.17) is 4.74 Å². The predicted octanol–water partition coefficient (Wildman–Crippen LogP) is 6.61. The Kier molecular flexibility index (Phi) is 8.75. The summed E-state index contributed by atoms with van der Waals surface area (Å²) < 4.78 is 20.3. The molecule has 33 heavy (non-hydrogen) atoms. The fraction of sp³-hybridized carbons (Fsp3) is 0.607. The van der Waals surface area contributed by atoms with Crippen molar-refractivity contribution in [2.75, 3.05) is 32.7 Å². The zero-order valence-corrected chi connectivity index (χ0v) is 21.2. The highest BCUT2D eigenvalue weighted by Crippen LogP contribution is 2.43. The van der Waals surface area contributed by atoms with Crippen molar-refractivity contribution in [2.45, 2.75) is 66.2 Å². The Balaban J connectivity index is 1.75. The number of ether oxygens (including phenoxy) is 1. The first-order chi connectivity index (χ1) is 15.8. The van der Waals surface area contributed by atoms with E-state index in [1.54, 1.807) is 18.3 Å². The lowest BCUT2D eigenvalue weighted by Gasteiger charge is -2.56. The number of likely N-dealkylation sites (tertiary alicyclic amines) is 2. The van der Waals surface area contributed by atoms with Gasteiger partial charge < -0.3 is 14.5 Å². The van der Waals surface area contributed by atoms with E-state index in [0.29, 0.717) is 11.2 Å². The van der Waals surface area contributed by atoms with Gasteiger partial charge in [0.05, 0.1) is 11.9 Å². The van der Waals surface area contributed by atoms with E-state index in [9.17, 15) is 4.39 Å². The Labute approximate surface area is 200 Å². The van der Waals surface area contributed by atoms with Crippen LogP contribution in [0.5, 0.6) is 5.75 Å². The average molecular weight is 456 g/mol. The van der Waals surface area contributed by atoms with Crippen molar-refractivity contribution >= 4 is 6.21 Å². The van der Waals surface area contributed by atoms with E-state index in [0.717, 1.165) is 42.4 Å². The number of aliphatic imine (C=N–C) groups is 1. The summed E-state index contributed by atoms with van der Waals surface area (Å²) in [6.07, 6.45) is 7.91. The topological polar surface area (TPSA) is 28.1 Å². The molecule has 2 fully saturated rings. The number of hydrogen-bond acceptors (Lipinski definition) is 4. The van der Waals surface area contributed by atoms with E-state index >= 15 is 0 Å². The first kappa shape index (κ1) is 25.5. The highest BCUT2D eigenvalue weighted by molar-refractivity contribution is 5.78. The fourth-order valence-corrected chi connectivity index (χ4v) is 5.07. The smallest absolute Gasteiger partial charge is 0.164 e. The van der Waals surface area contributed by atoms with Crippen LogP contribution in [0.15, 0.2) is 47.4 Å². The molecule has 182 valence electrons. The van der Waals surface area contributed by atoms with Gasteiger partial charge in [-0.3, -0.25) is 4.99 Å². The molecular formula is C28H42FN3O. The Morgan fingerprint density at radius 1 is 1.21 bits per heavy atom.